The molecule has 5 rings (SSSR count). The number of anilines is 1. The van der Waals surface area contributed by atoms with E-state index in [-0.39, 0.29) is 17.2 Å². The van der Waals surface area contributed by atoms with E-state index in [0.717, 1.165) is 42.6 Å². The van der Waals surface area contributed by atoms with Crippen molar-refractivity contribution < 1.29 is 4.79 Å². The van der Waals surface area contributed by atoms with Crippen LogP contribution in [0.15, 0.2) is 18.3 Å². The van der Waals surface area contributed by atoms with Crippen LogP contribution in [-0.4, -0.2) is 25.7 Å². The van der Waals surface area contributed by atoms with E-state index in [9.17, 15) is 10.1 Å². The second kappa shape index (κ2) is 7.49. The largest absolute Gasteiger partial charge is 0.335 e. The molecular weight excluding hydrogens is 424 g/mol. The minimum absolute atomic E-state index is 0.0554. The predicted molar refractivity (Wildman–Crippen MR) is 122 cm³/mol. The number of carbonyl (C=O) groups is 1. The van der Waals surface area contributed by atoms with Gasteiger partial charge in [0.15, 0.2) is 0 Å². The summed E-state index contributed by atoms with van der Waals surface area (Å²) in [6.45, 7) is 5.23. The van der Waals surface area contributed by atoms with Crippen molar-refractivity contribution in [1.82, 2.24) is 9.55 Å². The SMILES string of the molecule is CC1(C)Cc2c(-c3cc(NC(=O)C4C[C@H]5CC([Si])C[C@H]5C4)ncc3Cl)cc(C#N)n2C1. The minimum atomic E-state index is 0.0554. The lowest BCUT2D eigenvalue weighted by molar-refractivity contribution is -0.119. The van der Waals surface area contributed by atoms with Gasteiger partial charge in [0.1, 0.15) is 17.6 Å². The third-order valence-corrected chi connectivity index (χ3v) is 8.11. The fourth-order valence-corrected chi connectivity index (χ4v) is 6.81. The molecule has 2 unspecified atom stereocenters. The molecule has 1 amide bonds. The summed E-state index contributed by atoms with van der Waals surface area (Å²) in [6, 6.07) is 6.07. The van der Waals surface area contributed by atoms with E-state index in [0.29, 0.717) is 33.9 Å². The van der Waals surface area contributed by atoms with Crippen LogP contribution < -0.4 is 5.32 Å². The number of hydrogen-bond acceptors (Lipinski definition) is 3. The van der Waals surface area contributed by atoms with Crippen molar-refractivity contribution in [3.8, 4) is 17.2 Å². The van der Waals surface area contributed by atoms with Gasteiger partial charge in [-0.15, -0.1) is 0 Å². The molecule has 159 valence electrons. The van der Waals surface area contributed by atoms with Gasteiger partial charge in [0.25, 0.3) is 0 Å². The summed E-state index contributed by atoms with van der Waals surface area (Å²) >= 11 is 6.53. The number of amides is 1. The zero-order valence-corrected chi connectivity index (χ0v) is 19.7. The first kappa shape index (κ1) is 20.8. The van der Waals surface area contributed by atoms with E-state index in [4.69, 9.17) is 11.6 Å². The number of hydrogen-bond donors (Lipinski definition) is 1. The van der Waals surface area contributed by atoms with Gasteiger partial charge in [0.05, 0.1) is 5.02 Å². The number of fused-ring (bicyclic) bond motifs is 2. The summed E-state index contributed by atoms with van der Waals surface area (Å²) in [7, 11) is 3.78. The molecule has 1 N–H and O–H groups in total. The van der Waals surface area contributed by atoms with Crippen molar-refractivity contribution in [2.45, 2.75) is 58.0 Å². The van der Waals surface area contributed by atoms with Crippen LogP contribution in [0.25, 0.3) is 11.1 Å². The molecule has 2 aromatic heterocycles. The van der Waals surface area contributed by atoms with Crippen LogP contribution in [0.3, 0.4) is 0 Å². The Bertz CT molecular complexity index is 1090. The van der Waals surface area contributed by atoms with E-state index in [1.165, 1.54) is 12.8 Å². The number of rotatable bonds is 3. The molecule has 2 aromatic rings. The van der Waals surface area contributed by atoms with Gasteiger partial charge in [0.2, 0.25) is 5.91 Å². The minimum Gasteiger partial charge on any atom is -0.335 e. The van der Waals surface area contributed by atoms with Gasteiger partial charge in [0, 0.05) is 45.7 Å². The molecule has 0 spiro atoms. The Hall–Kier alpha value is -2.10. The van der Waals surface area contributed by atoms with Crippen LogP contribution in [0.2, 0.25) is 10.6 Å². The second-order valence-electron chi connectivity index (χ2n) is 10.3. The van der Waals surface area contributed by atoms with E-state index >= 15 is 0 Å². The Morgan fingerprint density at radius 3 is 2.65 bits per heavy atom. The highest BCUT2D eigenvalue weighted by Crippen LogP contribution is 2.50. The number of aromatic nitrogens is 2. The first-order valence-corrected chi connectivity index (χ1v) is 12.0. The first-order valence-electron chi connectivity index (χ1n) is 11.0. The van der Waals surface area contributed by atoms with Crippen LogP contribution in [-0.2, 0) is 17.8 Å². The molecule has 3 heterocycles. The van der Waals surface area contributed by atoms with Gasteiger partial charge in [-0.3, -0.25) is 4.79 Å². The van der Waals surface area contributed by atoms with Crippen molar-refractivity contribution in [2.75, 3.05) is 5.32 Å². The molecule has 3 radical (unpaired) electrons. The van der Waals surface area contributed by atoms with Crippen molar-refractivity contribution in [1.29, 1.82) is 5.26 Å². The number of pyridine rings is 1. The van der Waals surface area contributed by atoms with Gasteiger partial charge in [-0.05, 0) is 48.6 Å². The zero-order valence-electron chi connectivity index (χ0n) is 17.9. The summed E-state index contributed by atoms with van der Waals surface area (Å²) in [5, 5.41) is 13.2. The number of carbonyl (C=O) groups excluding carboxylic acids is 1. The van der Waals surface area contributed by atoms with E-state index < -0.39 is 0 Å². The van der Waals surface area contributed by atoms with Gasteiger partial charge in [-0.25, -0.2) is 4.98 Å². The highest BCUT2D eigenvalue weighted by molar-refractivity contribution is 6.33. The molecule has 2 aliphatic carbocycles. The van der Waals surface area contributed by atoms with E-state index in [1.54, 1.807) is 6.20 Å². The quantitative estimate of drug-likeness (QED) is 0.671. The van der Waals surface area contributed by atoms with Gasteiger partial charge >= 0.3 is 0 Å². The van der Waals surface area contributed by atoms with Crippen molar-refractivity contribution in [3.63, 3.8) is 0 Å². The summed E-state index contributed by atoms with van der Waals surface area (Å²) in [6.07, 6.45) is 6.75. The fourth-order valence-electron chi connectivity index (χ4n) is 6.00. The number of halogens is 1. The molecule has 7 heteroatoms. The average molecular weight is 450 g/mol. The smallest absolute Gasteiger partial charge is 0.228 e. The van der Waals surface area contributed by atoms with Crippen LogP contribution in [0.4, 0.5) is 5.82 Å². The summed E-state index contributed by atoms with van der Waals surface area (Å²) in [5.74, 6) is 1.95. The standard InChI is InChI=1S/C24H26ClN4OSi/c1-24(2)9-21-19(7-16(10-26)29(21)12-24)18-8-22(27-11-20(18)25)28-23(30)15-3-13-5-17(31)6-14(13)4-15/h7-8,11,13-15,17H,3-6,9,12H2,1-2H3,(H,27,28,30)/t13-,14+,15?,17?. The second-order valence-corrected chi connectivity index (χ2v) is 11.5. The normalized spacial score (nSPS) is 28.2. The molecule has 31 heavy (non-hydrogen) atoms. The first-order chi connectivity index (χ1) is 14.7. The lowest BCUT2D eigenvalue weighted by atomic mass is 9.89. The highest BCUT2D eigenvalue weighted by Gasteiger charge is 2.42. The summed E-state index contributed by atoms with van der Waals surface area (Å²) in [5.41, 5.74) is 4.26. The fraction of sp³-hybridized carbons (Fsp3) is 0.542. The van der Waals surface area contributed by atoms with E-state index in [2.05, 4.69) is 45.0 Å². The maximum absolute atomic E-state index is 12.9. The Balaban J connectivity index is 1.39. The molecule has 2 fully saturated rings. The van der Waals surface area contributed by atoms with Crippen LogP contribution in [0.1, 0.15) is 50.9 Å². The molecule has 3 aliphatic rings. The lowest BCUT2D eigenvalue weighted by Gasteiger charge is -2.16. The zero-order chi connectivity index (χ0) is 21.9. The molecular formula is C24H26ClN4OSi. The van der Waals surface area contributed by atoms with Crippen molar-refractivity contribution >= 4 is 33.6 Å². The monoisotopic (exact) mass is 449 g/mol. The molecule has 1 aliphatic heterocycles. The highest BCUT2D eigenvalue weighted by atomic mass is 35.5. The third kappa shape index (κ3) is 3.72. The van der Waals surface area contributed by atoms with Gasteiger partial charge in [-0.2, -0.15) is 5.26 Å². The van der Waals surface area contributed by atoms with Crippen LogP contribution in [0, 0.1) is 34.5 Å². The molecule has 2 saturated carbocycles. The Morgan fingerprint density at radius 2 is 1.97 bits per heavy atom. The Labute approximate surface area is 191 Å². The Morgan fingerprint density at radius 1 is 1.26 bits per heavy atom. The summed E-state index contributed by atoms with van der Waals surface area (Å²) in [4.78, 5) is 17.3. The molecule has 0 bridgehead atoms. The molecule has 0 saturated heterocycles. The summed E-state index contributed by atoms with van der Waals surface area (Å²) < 4.78 is 2.10. The molecule has 5 nitrogen and oxygen atoms in total. The van der Waals surface area contributed by atoms with Crippen LogP contribution in [0.5, 0.6) is 0 Å². The number of nitriles is 1. The van der Waals surface area contributed by atoms with Crippen molar-refractivity contribution in [3.05, 3.63) is 34.7 Å². The number of nitrogens with one attached hydrogen (secondary N) is 1. The third-order valence-electron chi connectivity index (χ3n) is 7.34. The number of nitrogens with zero attached hydrogens (tertiary/aromatic N) is 3. The Kier molecular flexibility index (Phi) is 5.02. The molecule has 0 aromatic carbocycles. The molecule has 4 atom stereocenters. The average Bonchev–Trinajstić information content (AvgIpc) is 3.41. The topological polar surface area (TPSA) is 70.7 Å². The maximum atomic E-state index is 12.9. The maximum Gasteiger partial charge on any atom is 0.228 e. The van der Waals surface area contributed by atoms with Crippen molar-refractivity contribution in [2.24, 2.45) is 23.2 Å². The van der Waals surface area contributed by atoms with Gasteiger partial charge < -0.3 is 9.88 Å². The lowest BCUT2D eigenvalue weighted by Crippen LogP contribution is -2.22. The van der Waals surface area contributed by atoms with E-state index in [1.807, 2.05) is 12.1 Å². The predicted octanol–water partition coefficient (Wildman–Crippen LogP) is 4.99. The van der Waals surface area contributed by atoms with Gasteiger partial charge in [-0.1, -0.05) is 43.8 Å². The van der Waals surface area contributed by atoms with Crippen LogP contribution >= 0.6 is 11.6 Å².